The molecule has 168 valence electrons. The highest BCUT2D eigenvalue weighted by Gasteiger charge is 2.07. The zero-order valence-electron chi connectivity index (χ0n) is 18.3. The Morgan fingerprint density at radius 2 is 1.97 bits per heavy atom. The van der Waals surface area contributed by atoms with E-state index in [1.807, 2.05) is 31.2 Å². The van der Waals surface area contributed by atoms with Crippen LogP contribution in [0.2, 0.25) is 0 Å². The number of guanidine groups is 1. The summed E-state index contributed by atoms with van der Waals surface area (Å²) < 4.78 is 24.4. The fraction of sp³-hybridized carbons (Fsp3) is 0.391. The van der Waals surface area contributed by atoms with Crippen molar-refractivity contribution in [3.63, 3.8) is 0 Å². The quantitative estimate of drug-likeness (QED) is 0.289. The molecule has 0 spiro atoms. The van der Waals surface area contributed by atoms with E-state index in [4.69, 9.17) is 9.47 Å². The van der Waals surface area contributed by atoms with Crippen molar-refractivity contribution < 1.29 is 18.7 Å². The van der Waals surface area contributed by atoms with Gasteiger partial charge in [0.25, 0.3) is 5.91 Å². The number of rotatable bonds is 11. The topological polar surface area (TPSA) is 84.0 Å². The van der Waals surface area contributed by atoms with Gasteiger partial charge in [-0.3, -0.25) is 9.79 Å². The molecule has 2 aromatic carbocycles. The first-order valence-electron chi connectivity index (χ1n) is 10.3. The molecule has 0 aliphatic carbocycles. The van der Waals surface area contributed by atoms with Crippen molar-refractivity contribution >= 4 is 17.6 Å². The summed E-state index contributed by atoms with van der Waals surface area (Å²) in [5, 5.41) is 9.14. The normalized spacial score (nSPS) is 11.2. The molecule has 0 radical (unpaired) electrons. The Morgan fingerprint density at radius 1 is 1.13 bits per heavy atom. The van der Waals surface area contributed by atoms with Crippen LogP contribution in [0, 0.1) is 12.7 Å². The van der Waals surface area contributed by atoms with Crippen LogP contribution in [0.1, 0.15) is 29.3 Å². The lowest BCUT2D eigenvalue weighted by Gasteiger charge is -2.13. The van der Waals surface area contributed by atoms with Crippen LogP contribution in [-0.2, 0) is 4.74 Å². The molecule has 0 saturated carbocycles. The number of amides is 1. The molecule has 0 aliphatic heterocycles. The molecule has 31 heavy (non-hydrogen) atoms. The predicted molar refractivity (Wildman–Crippen MR) is 122 cm³/mol. The maximum atomic E-state index is 13.6. The van der Waals surface area contributed by atoms with E-state index in [1.165, 1.54) is 6.07 Å². The lowest BCUT2D eigenvalue weighted by atomic mass is 10.1. The molecule has 2 rings (SSSR count). The van der Waals surface area contributed by atoms with Gasteiger partial charge in [-0.15, -0.1) is 0 Å². The molecule has 3 N–H and O–H groups in total. The van der Waals surface area contributed by atoms with E-state index in [9.17, 15) is 9.18 Å². The third-order valence-corrected chi connectivity index (χ3v) is 4.30. The largest absolute Gasteiger partial charge is 0.493 e. The third kappa shape index (κ3) is 8.64. The number of carbonyl (C=O) groups is 1. The van der Waals surface area contributed by atoms with Crippen LogP contribution < -0.4 is 20.7 Å². The summed E-state index contributed by atoms with van der Waals surface area (Å²) in [5.74, 6) is 0.629. The SMILES string of the molecule is CCNC(=NCCNC(=O)c1ccc(C)c(F)c1)Nc1cccc(OCCCOC)c1. The van der Waals surface area contributed by atoms with Crippen LogP contribution in [-0.4, -0.2) is 51.8 Å². The predicted octanol–water partition coefficient (Wildman–Crippen LogP) is 3.36. The van der Waals surface area contributed by atoms with Gasteiger partial charge in [0.15, 0.2) is 5.96 Å². The van der Waals surface area contributed by atoms with E-state index in [1.54, 1.807) is 26.2 Å². The first-order chi connectivity index (χ1) is 15.0. The van der Waals surface area contributed by atoms with Gasteiger partial charge >= 0.3 is 0 Å². The van der Waals surface area contributed by atoms with Gasteiger partial charge in [-0.25, -0.2) is 4.39 Å². The van der Waals surface area contributed by atoms with Crippen molar-refractivity contribution in [3.8, 4) is 5.75 Å². The van der Waals surface area contributed by atoms with E-state index >= 15 is 0 Å². The van der Waals surface area contributed by atoms with E-state index in [0.717, 1.165) is 17.9 Å². The fourth-order valence-corrected chi connectivity index (χ4v) is 2.67. The summed E-state index contributed by atoms with van der Waals surface area (Å²) in [4.78, 5) is 16.6. The molecule has 0 fully saturated rings. The highest BCUT2D eigenvalue weighted by atomic mass is 19.1. The van der Waals surface area contributed by atoms with Gasteiger partial charge < -0.3 is 25.4 Å². The minimum Gasteiger partial charge on any atom is -0.493 e. The molecule has 0 unspecified atom stereocenters. The summed E-state index contributed by atoms with van der Waals surface area (Å²) in [6.07, 6.45) is 0.819. The van der Waals surface area contributed by atoms with Crippen molar-refractivity contribution in [2.24, 2.45) is 4.99 Å². The Hall–Kier alpha value is -3.13. The highest BCUT2D eigenvalue weighted by molar-refractivity contribution is 5.95. The lowest BCUT2D eigenvalue weighted by molar-refractivity contribution is 0.0954. The zero-order chi connectivity index (χ0) is 22.5. The number of anilines is 1. The smallest absolute Gasteiger partial charge is 0.251 e. The molecule has 0 bridgehead atoms. The summed E-state index contributed by atoms with van der Waals surface area (Å²) in [6, 6.07) is 12.0. The second-order valence-corrected chi connectivity index (χ2v) is 6.83. The second kappa shape index (κ2) is 13.2. The number of nitrogens with zero attached hydrogens (tertiary/aromatic N) is 1. The van der Waals surface area contributed by atoms with Crippen LogP contribution in [0.4, 0.5) is 10.1 Å². The van der Waals surface area contributed by atoms with Crippen molar-refractivity contribution in [2.45, 2.75) is 20.3 Å². The molecule has 8 heteroatoms. The molecule has 0 atom stereocenters. The van der Waals surface area contributed by atoms with Crippen molar-refractivity contribution in [3.05, 3.63) is 59.4 Å². The molecule has 0 aromatic heterocycles. The monoisotopic (exact) mass is 430 g/mol. The number of hydrogen-bond acceptors (Lipinski definition) is 4. The van der Waals surface area contributed by atoms with Gasteiger partial charge in [-0.2, -0.15) is 0 Å². The molecule has 7 nitrogen and oxygen atoms in total. The number of benzene rings is 2. The van der Waals surface area contributed by atoms with Gasteiger partial charge in [0.05, 0.1) is 13.2 Å². The molecule has 0 aliphatic rings. The number of aliphatic imine (C=N–C) groups is 1. The zero-order valence-corrected chi connectivity index (χ0v) is 18.3. The van der Waals surface area contributed by atoms with Crippen LogP contribution in [0.15, 0.2) is 47.5 Å². The summed E-state index contributed by atoms with van der Waals surface area (Å²) in [5.41, 5.74) is 1.63. The van der Waals surface area contributed by atoms with Crippen molar-refractivity contribution in [1.82, 2.24) is 10.6 Å². The maximum absolute atomic E-state index is 13.6. The average molecular weight is 431 g/mol. The molecule has 0 heterocycles. The molecule has 1 amide bonds. The Bertz CT molecular complexity index is 874. The summed E-state index contributed by atoms with van der Waals surface area (Å²) >= 11 is 0. The standard InChI is InChI=1S/C23H31FN4O3/c1-4-25-23(28-19-7-5-8-20(16-19)31-14-6-13-30-3)27-12-11-26-22(29)18-10-9-17(2)21(24)15-18/h5,7-10,15-16H,4,6,11-14H2,1-3H3,(H,26,29)(H2,25,27,28). The maximum Gasteiger partial charge on any atom is 0.251 e. The van der Waals surface area contributed by atoms with E-state index < -0.39 is 5.82 Å². The van der Waals surface area contributed by atoms with Gasteiger partial charge in [-0.05, 0) is 43.7 Å². The van der Waals surface area contributed by atoms with Crippen LogP contribution in [0.5, 0.6) is 5.75 Å². The van der Waals surface area contributed by atoms with Gasteiger partial charge in [0.1, 0.15) is 11.6 Å². The molecule has 2 aromatic rings. The summed E-state index contributed by atoms with van der Waals surface area (Å²) in [7, 11) is 1.67. The number of nitrogens with one attached hydrogen (secondary N) is 3. The Balaban J connectivity index is 1.87. The number of hydrogen-bond donors (Lipinski definition) is 3. The number of carbonyl (C=O) groups excluding carboxylic acids is 1. The van der Waals surface area contributed by atoms with Crippen LogP contribution in [0.3, 0.4) is 0 Å². The fourth-order valence-electron chi connectivity index (χ4n) is 2.67. The third-order valence-electron chi connectivity index (χ3n) is 4.30. The van der Waals surface area contributed by atoms with Crippen LogP contribution in [0.25, 0.3) is 0 Å². The first kappa shape index (κ1) is 24.1. The Morgan fingerprint density at radius 3 is 2.71 bits per heavy atom. The van der Waals surface area contributed by atoms with Crippen LogP contribution >= 0.6 is 0 Å². The van der Waals surface area contributed by atoms with Gasteiger partial charge in [0, 0.05) is 50.5 Å². The number of halogens is 1. The molecular formula is C23H31FN4O3. The summed E-state index contributed by atoms with van der Waals surface area (Å²) in [6.45, 7) is 6.25. The second-order valence-electron chi connectivity index (χ2n) is 6.83. The number of aryl methyl sites for hydroxylation is 1. The van der Waals surface area contributed by atoms with Gasteiger partial charge in [0.2, 0.25) is 0 Å². The van der Waals surface area contributed by atoms with E-state index in [-0.39, 0.29) is 5.91 Å². The van der Waals surface area contributed by atoms with E-state index in [2.05, 4.69) is 20.9 Å². The lowest BCUT2D eigenvalue weighted by Crippen LogP contribution is -2.32. The molecular weight excluding hydrogens is 399 g/mol. The van der Waals surface area contributed by atoms with Gasteiger partial charge in [-0.1, -0.05) is 12.1 Å². The van der Waals surface area contributed by atoms with Crippen molar-refractivity contribution in [2.75, 3.05) is 45.3 Å². The van der Waals surface area contributed by atoms with Crippen molar-refractivity contribution in [1.29, 1.82) is 0 Å². The minimum absolute atomic E-state index is 0.291. The van der Waals surface area contributed by atoms with E-state index in [0.29, 0.717) is 49.9 Å². The minimum atomic E-state index is -0.394. The number of ether oxygens (including phenoxy) is 2. The Kier molecular flexibility index (Phi) is 10.3. The molecule has 0 saturated heterocycles. The highest BCUT2D eigenvalue weighted by Crippen LogP contribution is 2.17. The Labute approximate surface area is 183 Å². The number of methoxy groups -OCH3 is 1. The average Bonchev–Trinajstić information content (AvgIpc) is 2.76. The first-order valence-corrected chi connectivity index (χ1v) is 10.3.